The van der Waals surface area contributed by atoms with Crippen molar-refractivity contribution in [3.8, 4) is 23.1 Å². The number of benzene rings is 1. The van der Waals surface area contributed by atoms with Crippen molar-refractivity contribution in [1.29, 1.82) is 5.26 Å². The fourth-order valence-corrected chi connectivity index (χ4v) is 1.84. The second-order valence-electron chi connectivity index (χ2n) is 4.49. The van der Waals surface area contributed by atoms with E-state index in [1.54, 1.807) is 19.4 Å². The summed E-state index contributed by atoms with van der Waals surface area (Å²) in [7, 11) is 1.63. The lowest BCUT2D eigenvalue weighted by molar-refractivity contribution is 0.415. The minimum absolute atomic E-state index is 0.160. The molecule has 2 aromatic rings. The summed E-state index contributed by atoms with van der Waals surface area (Å²) in [6.07, 6.45) is 1.58. The first kappa shape index (κ1) is 13.0. The first-order chi connectivity index (χ1) is 9.15. The van der Waals surface area contributed by atoms with Crippen LogP contribution in [0.5, 0.6) is 5.75 Å². The largest absolute Gasteiger partial charge is 0.496 e. The third-order valence-corrected chi connectivity index (χ3v) is 2.92. The van der Waals surface area contributed by atoms with Crippen molar-refractivity contribution in [1.82, 2.24) is 9.97 Å². The number of nitrogens with zero attached hydrogens (tertiary/aromatic N) is 3. The Kier molecular flexibility index (Phi) is 3.76. The molecule has 0 saturated carbocycles. The van der Waals surface area contributed by atoms with Crippen LogP contribution in [0.3, 0.4) is 0 Å². The van der Waals surface area contributed by atoms with Gasteiger partial charge in [0, 0.05) is 11.8 Å². The SMILES string of the molecule is COc1cc(C(C)C)ccc1-c1ccnc(C#N)n1. The van der Waals surface area contributed by atoms with Gasteiger partial charge in [0.1, 0.15) is 11.8 Å². The van der Waals surface area contributed by atoms with Crippen LogP contribution in [0.1, 0.15) is 31.2 Å². The molecule has 4 nitrogen and oxygen atoms in total. The number of hydrogen-bond donors (Lipinski definition) is 0. The molecule has 0 spiro atoms. The zero-order valence-corrected chi connectivity index (χ0v) is 11.2. The molecule has 1 aromatic carbocycles. The molecular weight excluding hydrogens is 238 g/mol. The van der Waals surface area contributed by atoms with Gasteiger partial charge in [-0.25, -0.2) is 9.97 Å². The van der Waals surface area contributed by atoms with E-state index in [0.717, 1.165) is 11.3 Å². The van der Waals surface area contributed by atoms with E-state index >= 15 is 0 Å². The lowest BCUT2D eigenvalue weighted by Crippen LogP contribution is -1.96. The minimum Gasteiger partial charge on any atom is -0.496 e. The summed E-state index contributed by atoms with van der Waals surface area (Å²) in [5.41, 5.74) is 2.76. The topological polar surface area (TPSA) is 58.8 Å². The van der Waals surface area contributed by atoms with E-state index in [0.29, 0.717) is 11.6 Å². The Balaban J connectivity index is 2.52. The van der Waals surface area contributed by atoms with Crippen molar-refractivity contribution in [3.63, 3.8) is 0 Å². The normalized spacial score (nSPS) is 10.3. The van der Waals surface area contributed by atoms with Crippen LogP contribution in [0.4, 0.5) is 0 Å². The molecule has 19 heavy (non-hydrogen) atoms. The lowest BCUT2D eigenvalue weighted by atomic mass is 10.00. The Labute approximate surface area is 112 Å². The second-order valence-corrected chi connectivity index (χ2v) is 4.49. The van der Waals surface area contributed by atoms with Gasteiger partial charge in [-0.3, -0.25) is 0 Å². The second kappa shape index (κ2) is 5.49. The highest BCUT2D eigenvalue weighted by atomic mass is 16.5. The van der Waals surface area contributed by atoms with Crippen LogP contribution < -0.4 is 4.74 Å². The molecule has 0 aliphatic rings. The molecule has 0 aliphatic heterocycles. The highest BCUT2D eigenvalue weighted by Crippen LogP contribution is 2.31. The van der Waals surface area contributed by atoms with Crippen molar-refractivity contribution in [2.75, 3.05) is 7.11 Å². The average Bonchev–Trinajstić information content (AvgIpc) is 2.46. The van der Waals surface area contributed by atoms with E-state index in [9.17, 15) is 0 Å². The molecule has 0 fully saturated rings. The maximum Gasteiger partial charge on any atom is 0.232 e. The first-order valence-electron chi connectivity index (χ1n) is 6.07. The van der Waals surface area contributed by atoms with Crippen molar-refractivity contribution in [2.45, 2.75) is 19.8 Å². The maximum atomic E-state index is 8.85. The maximum absolute atomic E-state index is 8.85. The highest BCUT2D eigenvalue weighted by molar-refractivity contribution is 5.68. The van der Waals surface area contributed by atoms with Gasteiger partial charge in [0.2, 0.25) is 5.82 Å². The predicted octanol–water partition coefficient (Wildman–Crippen LogP) is 3.15. The molecule has 0 radical (unpaired) electrons. The van der Waals surface area contributed by atoms with Gasteiger partial charge in [0.05, 0.1) is 12.8 Å². The molecule has 0 bridgehead atoms. The fraction of sp³-hybridized carbons (Fsp3) is 0.267. The third-order valence-electron chi connectivity index (χ3n) is 2.92. The summed E-state index contributed by atoms with van der Waals surface area (Å²) >= 11 is 0. The smallest absolute Gasteiger partial charge is 0.232 e. The Morgan fingerprint density at radius 3 is 2.68 bits per heavy atom. The molecule has 2 rings (SSSR count). The van der Waals surface area contributed by atoms with Gasteiger partial charge in [-0.05, 0) is 29.7 Å². The van der Waals surface area contributed by atoms with Crippen LogP contribution in [-0.4, -0.2) is 17.1 Å². The minimum atomic E-state index is 0.160. The van der Waals surface area contributed by atoms with Gasteiger partial charge in [0.15, 0.2) is 0 Å². The predicted molar refractivity (Wildman–Crippen MR) is 72.8 cm³/mol. The number of nitriles is 1. The molecule has 0 amide bonds. The number of hydrogen-bond acceptors (Lipinski definition) is 4. The number of aromatic nitrogens is 2. The van der Waals surface area contributed by atoms with E-state index in [1.807, 2.05) is 18.2 Å². The van der Waals surface area contributed by atoms with Crippen molar-refractivity contribution >= 4 is 0 Å². The third kappa shape index (κ3) is 2.71. The zero-order chi connectivity index (χ0) is 13.8. The van der Waals surface area contributed by atoms with Crippen LogP contribution >= 0.6 is 0 Å². The van der Waals surface area contributed by atoms with Crippen molar-refractivity contribution < 1.29 is 4.74 Å². The summed E-state index contributed by atoms with van der Waals surface area (Å²) in [4.78, 5) is 8.06. The summed E-state index contributed by atoms with van der Waals surface area (Å²) in [6, 6.07) is 9.74. The van der Waals surface area contributed by atoms with Crippen LogP contribution in [0.25, 0.3) is 11.3 Å². The van der Waals surface area contributed by atoms with E-state index in [-0.39, 0.29) is 5.82 Å². The summed E-state index contributed by atoms with van der Waals surface area (Å²) in [5, 5.41) is 8.85. The monoisotopic (exact) mass is 253 g/mol. The van der Waals surface area contributed by atoms with Gasteiger partial charge in [-0.1, -0.05) is 19.9 Å². The van der Waals surface area contributed by atoms with E-state index in [2.05, 4.69) is 29.9 Å². The van der Waals surface area contributed by atoms with E-state index < -0.39 is 0 Å². The van der Waals surface area contributed by atoms with E-state index in [4.69, 9.17) is 10.00 Å². The Hall–Kier alpha value is -2.41. The summed E-state index contributed by atoms with van der Waals surface area (Å²) < 4.78 is 5.42. The van der Waals surface area contributed by atoms with E-state index in [1.165, 1.54) is 5.56 Å². The van der Waals surface area contributed by atoms with Gasteiger partial charge < -0.3 is 4.74 Å². The molecule has 0 aliphatic carbocycles. The molecular formula is C15H15N3O. The molecule has 1 heterocycles. The quantitative estimate of drug-likeness (QED) is 0.843. The first-order valence-corrected chi connectivity index (χ1v) is 6.07. The Bertz CT molecular complexity index is 630. The fourth-order valence-electron chi connectivity index (χ4n) is 1.84. The highest BCUT2D eigenvalue weighted by Gasteiger charge is 2.10. The number of methoxy groups -OCH3 is 1. The molecule has 0 unspecified atom stereocenters. The van der Waals surface area contributed by atoms with Crippen LogP contribution in [0, 0.1) is 11.3 Å². The van der Waals surface area contributed by atoms with Crippen LogP contribution in [0.15, 0.2) is 30.5 Å². The number of ether oxygens (including phenoxy) is 1. The molecule has 0 N–H and O–H groups in total. The van der Waals surface area contributed by atoms with Gasteiger partial charge >= 0.3 is 0 Å². The average molecular weight is 253 g/mol. The van der Waals surface area contributed by atoms with Gasteiger partial charge in [-0.15, -0.1) is 0 Å². The van der Waals surface area contributed by atoms with Gasteiger partial charge in [-0.2, -0.15) is 5.26 Å². The Morgan fingerprint density at radius 1 is 1.26 bits per heavy atom. The molecule has 1 aromatic heterocycles. The van der Waals surface area contributed by atoms with Crippen molar-refractivity contribution in [3.05, 3.63) is 41.9 Å². The molecule has 96 valence electrons. The number of rotatable bonds is 3. The van der Waals surface area contributed by atoms with Gasteiger partial charge in [0.25, 0.3) is 0 Å². The summed E-state index contributed by atoms with van der Waals surface area (Å²) in [5.74, 6) is 1.35. The molecule has 4 heteroatoms. The lowest BCUT2D eigenvalue weighted by Gasteiger charge is -2.12. The summed E-state index contributed by atoms with van der Waals surface area (Å²) in [6.45, 7) is 4.26. The zero-order valence-electron chi connectivity index (χ0n) is 11.2. The molecule has 0 saturated heterocycles. The van der Waals surface area contributed by atoms with Crippen LogP contribution in [0.2, 0.25) is 0 Å². The van der Waals surface area contributed by atoms with Crippen LogP contribution in [-0.2, 0) is 0 Å². The Morgan fingerprint density at radius 2 is 2.05 bits per heavy atom. The molecule has 0 atom stereocenters. The van der Waals surface area contributed by atoms with Crippen molar-refractivity contribution in [2.24, 2.45) is 0 Å². The standard InChI is InChI=1S/C15H15N3O/c1-10(2)11-4-5-12(14(8-11)19-3)13-6-7-17-15(9-16)18-13/h4-8,10H,1-3H3.